The number of pyridine rings is 2. The number of Topliss-reactive ketones (excluding diaryl/α,β-unsaturated/α-hetero) is 3. The van der Waals surface area contributed by atoms with Gasteiger partial charge in [0.2, 0.25) is 0 Å². The highest BCUT2D eigenvalue weighted by Gasteiger charge is 2.38. The van der Waals surface area contributed by atoms with E-state index >= 15 is 0 Å². The number of hydrogen-bond acceptors (Lipinski definition) is 5. The molecular formula is C21H16N2O4. The van der Waals surface area contributed by atoms with Crippen LogP contribution in [0, 0.1) is 5.92 Å². The summed E-state index contributed by atoms with van der Waals surface area (Å²) in [6.45, 7) is 0. The third kappa shape index (κ3) is 2.89. The maximum atomic E-state index is 13.2. The van der Waals surface area contributed by atoms with E-state index in [0.717, 1.165) is 0 Å². The summed E-state index contributed by atoms with van der Waals surface area (Å²) in [5, 5.41) is 0.583. The lowest BCUT2D eigenvalue weighted by Gasteiger charge is -2.19. The number of nitrogens with zero attached hydrogens (tertiary/aromatic N) is 2. The maximum Gasteiger partial charge on any atom is 0.267 e. The number of carbonyl (C=O) groups is 3. The standard InChI is InChI=1S/C21H16N2O4/c24-16-9-4-10-17(25)18(16)19(26)15-12-13-6-5-11-22-20(13)23(21(15)27)14-7-2-1-3-8-14/h1-3,5-8,11-12,18H,4,9-10H2. The van der Waals surface area contributed by atoms with Crippen molar-refractivity contribution in [3.05, 3.63) is 70.6 Å². The average molecular weight is 360 g/mol. The molecule has 0 bridgehead atoms. The molecule has 0 spiro atoms. The summed E-state index contributed by atoms with van der Waals surface area (Å²) in [4.78, 5) is 54.8. The zero-order valence-electron chi connectivity index (χ0n) is 14.4. The zero-order valence-corrected chi connectivity index (χ0v) is 14.4. The third-order valence-corrected chi connectivity index (χ3v) is 4.79. The van der Waals surface area contributed by atoms with Gasteiger partial charge in [-0.05, 0) is 36.8 Å². The number of para-hydroxylation sites is 1. The minimum atomic E-state index is -1.37. The van der Waals surface area contributed by atoms with Gasteiger partial charge in [-0.25, -0.2) is 4.98 Å². The highest BCUT2D eigenvalue weighted by atomic mass is 16.2. The molecule has 3 aromatic rings. The Kier molecular flexibility index (Phi) is 4.24. The van der Waals surface area contributed by atoms with Crippen LogP contribution >= 0.6 is 0 Å². The van der Waals surface area contributed by atoms with Gasteiger partial charge in [-0.1, -0.05) is 18.2 Å². The molecule has 6 nitrogen and oxygen atoms in total. The van der Waals surface area contributed by atoms with Crippen LogP contribution in [-0.4, -0.2) is 26.9 Å². The number of carbonyl (C=O) groups excluding carboxylic acids is 3. The molecule has 6 heteroatoms. The molecule has 2 aromatic heterocycles. The second-order valence-electron chi connectivity index (χ2n) is 6.53. The van der Waals surface area contributed by atoms with Crippen LogP contribution in [-0.2, 0) is 9.59 Å². The normalized spacial score (nSPS) is 15.3. The first-order valence-corrected chi connectivity index (χ1v) is 8.74. The first-order valence-electron chi connectivity index (χ1n) is 8.74. The summed E-state index contributed by atoms with van der Waals surface area (Å²) in [5.74, 6) is -2.91. The number of hydrogen-bond donors (Lipinski definition) is 0. The number of aromatic nitrogens is 2. The van der Waals surface area contributed by atoms with Gasteiger partial charge in [0.1, 0.15) is 11.6 Å². The first-order chi connectivity index (χ1) is 13.1. The highest BCUT2D eigenvalue weighted by Crippen LogP contribution is 2.23. The minimum Gasteiger partial charge on any atom is -0.298 e. The maximum absolute atomic E-state index is 13.2. The van der Waals surface area contributed by atoms with Crippen molar-refractivity contribution in [2.24, 2.45) is 5.92 Å². The average Bonchev–Trinajstić information content (AvgIpc) is 2.68. The molecule has 4 rings (SSSR count). The van der Waals surface area contributed by atoms with Crippen molar-refractivity contribution in [2.75, 3.05) is 0 Å². The van der Waals surface area contributed by atoms with Gasteiger partial charge < -0.3 is 0 Å². The summed E-state index contributed by atoms with van der Waals surface area (Å²) in [7, 11) is 0. The van der Waals surface area contributed by atoms with Gasteiger partial charge >= 0.3 is 0 Å². The Morgan fingerprint density at radius 1 is 0.963 bits per heavy atom. The topological polar surface area (TPSA) is 86.1 Å². The van der Waals surface area contributed by atoms with Crippen molar-refractivity contribution in [1.29, 1.82) is 0 Å². The van der Waals surface area contributed by atoms with Gasteiger partial charge in [-0.2, -0.15) is 0 Å². The molecule has 0 radical (unpaired) electrons. The quantitative estimate of drug-likeness (QED) is 0.529. The van der Waals surface area contributed by atoms with Gasteiger partial charge in [0, 0.05) is 24.4 Å². The second-order valence-corrected chi connectivity index (χ2v) is 6.53. The number of benzene rings is 1. The predicted octanol–water partition coefficient (Wildman–Crippen LogP) is 2.51. The Balaban J connectivity index is 1.96. The van der Waals surface area contributed by atoms with Crippen molar-refractivity contribution in [1.82, 2.24) is 9.55 Å². The molecule has 0 unspecified atom stereocenters. The number of fused-ring (bicyclic) bond motifs is 1. The molecule has 0 saturated heterocycles. The van der Waals surface area contributed by atoms with E-state index in [-0.39, 0.29) is 18.4 Å². The number of rotatable bonds is 3. The fraction of sp³-hybridized carbons (Fsp3) is 0.190. The van der Waals surface area contributed by atoms with Crippen molar-refractivity contribution in [2.45, 2.75) is 19.3 Å². The molecule has 27 heavy (non-hydrogen) atoms. The summed E-state index contributed by atoms with van der Waals surface area (Å²) in [6.07, 6.45) is 2.39. The van der Waals surface area contributed by atoms with Crippen molar-refractivity contribution < 1.29 is 14.4 Å². The summed E-state index contributed by atoms with van der Waals surface area (Å²) >= 11 is 0. The van der Waals surface area contributed by atoms with Gasteiger partial charge in [-0.15, -0.1) is 0 Å². The molecule has 0 atom stereocenters. The van der Waals surface area contributed by atoms with Gasteiger partial charge in [0.15, 0.2) is 17.3 Å². The lowest BCUT2D eigenvalue weighted by atomic mass is 9.82. The third-order valence-electron chi connectivity index (χ3n) is 4.79. The molecule has 1 aliphatic rings. The van der Waals surface area contributed by atoms with Crippen LogP contribution in [0.3, 0.4) is 0 Å². The van der Waals surface area contributed by atoms with Crippen LogP contribution < -0.4 is 5.56 Å². The Morgan fingerprint density at radius 3 is 2.37 bits per heavy atom. The van der Waals surface area contributed by atoms with Crippen LogP contribution in [0.1, 0.15) is 29.6 Å². The van der Waals surface area contributed by atoms with Gasteiger partial charge in [0.05, 0.1) is 11.3 Å². The van der Waals surface area contributed by atoms with Crippen molar-refractivity contribution in [3.63, 3.8) is 0 Å². The van der Waals surface area contributed by atoms with E-state index in [1.807, 2.05) is 6.07 Å². The van der Waals surface area contributed by atoms with Crippen LogP contribution in [0.2, 0.25) is 0 Å². The van der Waals surface area contributed by atoms with E-state index in [0.29, 0.717) is 23.1 Å². The fourth-order valence-electron chi connectivity index (χ4n) is 3.49. The van der Waals surface area contributed by atoms with Crippen LogP contribution in [0.25, 0.3) is 16.7 Å². The van der Waals surface area contributed by atoms with E-state index in [4.69, 9.17) is 0 Å². The van der Waals surface area contributed by atoms with Crippen LogP contribution in [0.4, 0.5) is 0 Å². The molecule has 1 aliphatic carbocycles. The van der Waals surface area contributed by atoms with E-state index in [1.165, 1.54) is 10.6 Å². The summed E-state index contributed by atoms with van der Waals surface area (Å²) in [6, 6.07) is 13.7. The minimum absolute atomic E-state index is 0.159. The van der Waals surface area contributed by atoms with E-state index in [1.54, 1.807) is 42.6 Å². The summed E-state index contributed by atoms with van der Waals surface area (Å²) < 4.78 is 1.35. The predicted molar refractivity (Wildman–Crippen MR) is 99.0 cm³/mol. The zero-order chi connectivity index (χ0) is 19.0. The molecular weight excluding hydrogens is 344 g/mol. The molecule has 1 saturated carbocycles. The van der Waals surface area contributed by atoms with Crippen LogP contribution in [0.15, 0.2) is 59.5 Å². The Bertz CT molecular complexity index is 1120. The fourth-order valence-corrected chi connectivity index (χ4v) is 3.49. The van der Waals surface area contributed by atoms with E-state index < -0.39 is 28.8 Å². The lowest BCUT2D eigenvalue weighted by Crippen LogP contribution is -2.38. The molecule has 0 amide bonds. The molecule has 2 heterocycles. The van der Waals surface area contributed by atoms with E-state index in [2.05, 4.69) is 4.98 Å². The molecule has 0 aliphatic heterocycles. The number of ketones is 3. The first kappa shape index (κ1) is 17.0. The van der Waals surface area contributed by atoms with Crippen molar-refractivity contribution >= 4 is 28.4 Å². The van der Waals surface area contributed by atoms with Crippen molar-refractivity contribution in [3.8, 4) is 5.69 Å². The monoisotopic (exact) mass is 360 g/mol. The Hall–Kier alpha value is -3.41. The largest absolute Gasteiger partial charge is 0.298 e. The van der Waals surface area contributed by atoms with Crippen LogP contribution in [0.5, 0.6) is 0 Å². The van der Waals surface area contributed by atoms with Gasteiger partial charge in [0.25, 0.3) is 5.56 Å². The summed E-state index contributed by atoms with van der Waals surface area (Å²) in [5.41, 5.74) is 0.227. The van der Waals surface area contributed by atoms with Gasteiger partial charge in [-0.3, -0.25) is 23.7 Å². The Morgan fingerprint density at radius 2 is 1.67 bits per heavy atom. The smallest absolute Gasteiger partial charge is 0.267 e. The lowest BCUT2D eigenvalue weighted by molar-refractivity contribution is -0.133. The molecule has 1 aromatic carbocycles. The second kappa shape index (κ2) is 6.72. The molecule has 134 valence electrons. The molecule has 0 N–H and O–H groups in total. The Labute approximate surface area is 154 Å². The highest BCUT2D eigenvalue weighted by molar-refractivity contribution is 6.25. The van der Waals surface area contributed by atoms with E-state index in [9.17, 15) is 19.2 Å². The SMILES string of the molecule is O=C1CCCC(=O)C1C(=O)c1cc2cccnc2n(-c2ccccc2)c1=O. The molecule has 1 fully saturated rings.